The van der Waals surface area contributed by atoms with E-state index in [4.69, 9.17) is 0 Å². The second-order valence-electron chi connectivity index (χ2n) is 6.15. The predicted molar refractivity (Wildman–Crippen MR) is 107 cm³/mol. The van der Waals surface area contributed by atoms with Crippen molar-refractivity contribution < 1.29 is 0 Å². The van der Waals surface area contributed by atoms with Crippen LogP contribution in [0.3, 0.4) is 0 Å². The van der Waals surface area contributed by atoms with Gasteiger partial charge in [-0.2, -0.15) is 5.10 Å². The summed E-state index contributed by atoms with van der Waals surface area (Å²) in [5.41, 5.74) is 5.51. The number of hydrogen-bond donors (Lipinski definition) is 3. The number of H-pyrrole nitrogens is 2. The Hall–Kier alpha value is -4.00. The molecule has 1 aromatic carbocycles. The summed E-state index contributed by atoms with van der Waals surface area (Å²) in [7, 11) is 0. The van der Waals surface area contributed by atoms with Crippen molar-refractivity contribution in [3.63, 3.8) is 0 Å². The number of nitrogens with zero attached hydrogens (tertiary/aromatic N) is 4. The summed E-state index contributed by atoms with van der Waals surface area (Å²) in [6.07, 6.45) is 7.06. The number of fused-ring (bicyclic) bond motifs is 2. The molecule has 0 atom stereocenters. The predicted octanol–water partition coefficient (Wildman–Crippen LogP) is 4.28. The van der Waals surface area contributed by atoms with Crippen LogP contribution in [0.15, 0.2) is 61.6 Å². The summed E-state index contributed by atoms with van der Waals surface area (Å²) in [6, 6.07) is 11.8. The lowest BCUT2D eigenvalue weighted by Crippen LogP contribution is -1.97. The Morgan fingerprint density at radius 1 is 1.00 bits per heavy atom. The minimum Gasteiger partial charge on any atom is -0.354 e. The van der Waals surface area contributed by atoms with Crippen molar-refractivity contribution in [1.29, 1.82) is 0 Å². The molecule has 0 aliphatic carbocycles. The van der Waals surface area contributed by atoms with Crippen molar-refractivity contribution in [2.75, 3.05) is 5.32 Å². The third kappa shape index (κ3) is 2.81. The normalized spacial score (nSPS) is 11.1. The molecule has 0 fully saturated rings. The van der Waals surface area contributed by atoms with Crippen molar-refractivity contribution in [2.45, 2.75) is 0 Å². The average Bonchev–Trinajstić information content (AvgIpc) is 3.33. The van der Waals surface area contributed by atoms with Gasteiger partial charge in [-0.1, -0.05) is 6.58 Å². The fourth-order valence-corrected chi connectivity index (χ4v) is 3.00. The average molecular weight is 353 g/mol. The van der Waals surface area contributed by atoms with E-state index in [1.165, 1.54) is 0 Å². The Kier molecular flexibility index (Phi) is 3.43. The van der Waals surface area contributed by atoms with Crippen LogP contribution in [0, 0.1) is 0 Å². The Morgan fingerprint density at radius 2 is 1.96 bits per heavy atom. The van der Waals surface area contributed by atoms with E-state index in [0.29, 0.717) is 11.6 Å². The Bertz CT molecular complexity index is 1280. The molecule has 130 valence electrons. The highest BCUT2D eigenvalue weighted by Gasteiger charge is 2.07. The van der Waals surface area contributed by atoms with E-state index in [2.05, 4.69) is 42.0 Å². The largest absolute Gasteiger partial charge is 0.354 e. The first-order valence-corrected chi connectivity index (χ1v) is 8.43. The molecule has 0 saturated heterocycles. The first-order valence-electron chi connectivity index (χ1n) is 8.43. The highest BCUT2D eigenvalue weighted by Crippen LogP contribution is 2.23. The van der Waals surface area contributed by atoms with Crippen LogP contribution in [0.1, 0.15) is 5.69 Å². The van der Waals surface area contributed by atoms with Crippen LogP contribution < -0.4 is 5.32 Å². The van der Waals surface area contributed by atoms with Crippen molar-refractivity contribution >= 4 is 39.5 Å². The number of pyridine rings is 1. The molecule has 27 heavy (non-hydrogen) atoms. The number of benzene rings is 1. The summed E-state index contributed by atoms with van der Waals surface area (Å²) in [5.74, 6) is 1.31. The van der Waals surface area contributed by atoms with Crippen LogP contribution in [-0.4, -0.2) is 30.1 Å². The number of rotatable bonds is 4. The van der Waals surface area contributed by atoms with Crippen LogP contribution in [0.2, 0.25) is 0 Å². The van der Waals surface area contributed by atoms with Crippen LogP contribution in [-0.2, 0) is 0 Å². The third-order valence-corrected chi connectivity index (χ3v) is 4.34. The van der Waals surface area contributed by atoms with E-state index in [1.54, 1.807) is 24.7 Å². The zero-order valence-electron chi connectivity index (χ0n) is 14.3. The zero-order chi connectivity index (χ0) is 18.2. The molecule has 5 aromatic rings. The van der Waals surface area contributed by atoms with Gasteiger partial charge in [-0.25, -0.2) is 9.97 Å². The summed E-state index contributed by atoms with van der Waals surface area (Å²) >= 11 is 0. The third-order valence-electron chi connectivity index (χ3n) is 4.34. The van der Waals surface area contributed by atoms with Gasteiger partial charge in [-0.05, 0) is 42.5 Å². The fourth-order valence-electron chi connectivity index (χ4n) is 3.00. The number of hydrogen-bond acceptors (Lipinski definition) is 5. The molecule has 0 radical (unpaired) electrons. The first-order chi connectivity index (χ1) is 13.3. The van der Waals surface area contributed by atoms with Crippen LogP contribution in [0.25, 0.3) is 39.4 Å². The monoisotopic (exact) mass is 353 g/mol. The zero-order valence-corrected chi connectivity index (χ0v) is 14.3. The van der Waals surface area contributed by atoms with E-state index in [9.17, 15) is 0 Å². The molecule has 7 heteroatoms. The number of anilines is 2. The second kappa shape index (κ2) is 6.06. The van der Waals surface area contributed by atoms with E-state index in [-0.39, 0.29) is 0 Å². The molecule has 7 nitrogen and oxygen atoms in total. The van der Waals surface area contributed by atoms with Crippen molar-refractivity contribution in [3.8, 4) is 11.4 Å². The minimum absolute atomic E-state index is 0.605. The van der Waals surface area contributed by atoms with Gasteiger partial charge in [0.25, 0.3) is 0 Å². The smallest absolute Gasteiger partial charge is 0.163 e. The van der Waals surface area contributed by atoms with Gasteiger partial charge in [-0.3, -0.25) is 10.1 Å². The number of aromatic nitrogens is 6. The van der Waals surface area contributed by atoms with Gasteiger partial charge in [0.05, 0.1) is 22.7 Å². The van der Waals surface area contributed by atoms with Crippen LogP contribution in [0.4, 0.5) is 11.5 Å². The molecule has 5 rings (SSSR count). The highest BCUT2D eigenvalue weighted by atomic mass is 15.1. The molecule has 0 amide bonds. The van der Waals surface area contributed by atoms with Crippen molar-refractivity contribution in [2.24, 2.45) is 0 Å². The van der Waals surface area contributed by atoms with Crippen molar-refractivity contribution in [1.82, 2.24) is 30.1 Å². The lowest BCUT2D eigenvalue weighted by molar-refractivity contribution is 1.12. The molecule has 0 unspecified atom stereocenters. The summed E-state index contributed by atoms with van der Waals surface area (Å²) < 4.78 is 0. The van der Waals surface area contributed by atoms with Gasteiger partial charge in [-0.15, -0.1) is 0 Å². The SMILES string of the molecule is C=Cc1cc2ncc(-c3nccc(Nc4ccc5[nH]ncc5c4)n3)cc2[nH]1. The molecular formula is C20H15N7. The van der Waals surface area contributed by atoms with Gasteiger partial charge < -0.3 is 10.3 Å². The maximum absolute atomic E-state index is 4.62. The molecule has 4 aromatic heterocycles. The quantitative estimate of drug-likeness (QED) is 0.448. The van der Waals surface area contributed by atoms with Crippen LogP contribution in [0.5, 0.6) is 0 Å². The fraction of sp³-hybridized carbons (Fsp3) is 0. The van der Waals surface area contributed by atoms with E-state index < -0.39 is 0 Å². The molecule has 0 aliphatic heterocycles. The standard InChI is InChI=1S/C20H15N7/c1-2-14-9-17-18(24-14)8-13(10-22-17)20-21-6-5-19(26-20)25-15-3-4-16-12(7-15)11-23-27-16/h2-11,24H,1H2,(H,23,27)(H,21,25,26). The maximum Gasteiger partial charge on any atom is 0.163 e. The lowest BCUT2D eigenvalue weighted by Gasteiger charge is -2.07. The molecule has 0 aliphatic rings. The van der Waals surface area contributed by atoms with Crippen molar-refractivity contribution in [3.05, 3.63) is 67.3 Å². The minimum atomic E-state index is 0.605. The molecule has 3 N–H and O–H groups in total. The molecule has 4 heterocycles. The highest BCUT2D eigenvalue weighted by molar-refractivity contribution is 5.83. The summed E-state index contributed by atoms with van der Waals surface area (Å²) in [6.45, 7) is 3.78. The summed E-state index contributed by atoms with van der Waals surface area (Å²) in [4.78, 5) is 16.7. The maximum atomic E-state index is 4.62. The van der Waals surface area contributed by atoms with E-state index in [0.717, 1.165) is 38.9 Å². The van der Waals surface area contributed by atoms with Crippen LogP contribution >= 0.6 is 0 Å². The second-order valence-corrected chi connectivity index (χ2v) is 6.15. The van der Waals surface area contributed by atoms with E-state index >= 15 is 0 Å². The first kappa shape index (κ1) is 15.3. The van der Waals surface area contributed by atoms with Gasteiger partial charge in [0.2, 0.25) is 0 Å². The molecule has 0 saturated carbocycles. The Balaban J connectivity index is 1.48. The summed E-state index contributed by atoms with van der Waals surface area (Å²) in [5, 5.41) is 11.3. The van der Waals surface area contributed by atoms with Gasteiger partial charge in [0, 0.05) is 34.7 Å². The van der Waals surface area contributed by atoms with Gasteiger partial charge >= 0.3 is 0 Å². The Morgan fingerprint density at radius 3 is 2.89 bits per heavy atom. The lowest BCUT2D eigenvalue weighted by atomic mass is 10.2. The van der Waals surface area contributed by atoms with Gasteiger partial charge in [0.15, 0.2) is 5.82 Å². The van der Waals surface area contributed by atoms with Gasteiger partial charge in [0.1, 0.15) is 5.82 Å². The molecule has 0 bridgehead atoms. The topological polar surface area (TPSA) is 95.2 Å². The number of aromatic amines is 2. The molecule has 0 spiro atoms. The van der Waals surface area contributed by atoms with E-state index in [1.807, 2.05) is 36.4 Å². The number of nitrogens with one attached hydrogen (secondary N) is 3. The Labute approximate surface area is 154 Å². The molecular weight excluding hydrogens is 338 g/mol.